The van der Waals surface area contributed by atoms with Crippen LogP contribution in [-0.4, -0.2) is 11.7 Å². The summed E-state index contributed by atoms with van der Waals surface area (Å²) in [4.78, 5) is 16.3. The van der Waals surface area contributed by atoms with Crippen LogP contribution in [0.25, 0.3) is 0 Å². The third kappa shape index (κ3) is 3.55. The normalized spacial score (nSPS) is 25.6. The molecule has 2 saturated carbocycles. The van der Waals surface area contributed by atoms with Crippen molar-refractivity contribution in [3.63, 3.8) is 0 Å². The molecule has 3 heteroatoms. The van der Waals surface area contributed by atoms with Crippen molar-refractivity contribution in [2.75, 3.05) is 0 Å². The lowest BCUT2D eigenvalue weighted by Crippen LogP contribution is -2.26. The van der Waals surface area contributed by atoms with E-state index in [-0.39, 0.29) is 11.9 Å². The Bertz CT molecular complexity index is 314. The summed E-state index contributed by atoms with van der Waals surface area (Å²) >= 11 is 0. The van der Waals surface area contributed by atoms with Crippen molar-refractivity contribution >= 4 is 11.7 Å². The molecule has 2 aliphatic rings. The molecule has 0 atom stereocenters. The standard InChI is InChI=1S/C14H23NO2/c1-14(2,3)11-6-8-12(9-7-11)15-17-13(16)10-4-5-10/h10-11H,4-9H2,1-3H3. The van der Waals surface area contributed by atoms with E-state index in [0.717, 1.165) is 37.3 Å². The molecule has 96 valence electrons. The van der Waals surface area contributed by atoms with Crippen LogP contribution in [0.1, 0.15) is 59.3 Å². The average Bonchev–Trinajstić information content (AvgIpc) is 3.09. The molecule has 0 N–H and O–H groups in total. The third-order valence-corrected chi connectivity index (χ3v) is 3.96. The topological polar surface area (TPSA) is 38.7 Å². The van der Waals surface area contributed by atoms with Gasteiger partial charge in [0.25, 0.3) is 0 Å². The highest BCUT2D eigenvalue weighted by Gasteiger charge is 2.32. The lowest BCUT2D eigenvalue weighted by atomic mass is 9.72. The van der Waals surface area contributed by atoms with Crippen molar-refractivity contribution in [3.8, 4) is 0 Å². The molecule has 0 aromatic heterocycles. The molecular weight excluding hydrogens is 214 g/mol. The molecule has 0 spiro atoms. The second-order valence-corrected chi connectivity index (χ2v) is 6.48. The highest BCUT2D eigenvalue weighted by molar-refractivity contribution is 5.85. The molecule has 0 heterocycles. The van der Waals surface area contributed by atoms with Gasteiger partial charge in [0.2, 0.25) is 0 Å². The minimum Gasteiger partial charge on any atom is -0.318 e. The Morgan fingerprint density at radius 1 is 1.18 bits per heavy atom. The Hall–Kier alpha value is -0.860. The quantitative estimate of drug-likeness (QED) is 0.544. The monoisotopic (exact) mass is 237 g/mol. The van der Waals surface area contributed by atoms with E-state index in [1.165, 1.54) is 12.8 Å². The van der Waals surface area contributed by atoms with Gasteiger partial charge in [-0.05, 0) is 49.9 Å². The van der Waals surface area contributed by atoms with E-state index >= 15 is 0 Å². The van der Waals surface area contributed by atoms with E-state index in [1.54, 1.807) is 0 Å². The summed E-state index contributed by atoms with van der Waals surface area (Å²) in [6, 6.07) is 0. The van der Waals surface area contributed by atoms with Crippen LogP contribution in [0.5, 0.6) is 0 Å². The smallest absolute Gasteiger partial charge is 0.318 e. The van der Waals surface area contributed by atoms with Gasteiger partial charge in [0.1, 0.15) is 0 Å². The van der Waals surface area contributed by atoms with Gasteiger partial charge in [0, 0.05) is 0 Å². The minimum atomic E-state index is -0.129. The van der Waals surface area contributed by atoms with Crippen molar-refractivity contribution in [1.82, 2.24) is 0 Å². The molecule has 17 heavy (non-hydrogen) atoms. The molecule has 2 fully saturated rings. The molecule has 3 nitrogen and oxygen atoms in total. The Balaban J connectivity index is 1.78. The van der Waals surface area contributed by atoms with Crippen molar-refractivity contribution in [2.24, 2.45) is 22.4 Å². The number of carbonyl (C=O) groups is 1. The van der Waals surface area contributed by atoms with Gasteiger partial charge < -0.3 is 4.84 Å². The predicted molar refractivity (Wildman–Crippen MR) is 67.7 cm³/mol. The first-order valence-electron chi connectivity index (χ1n) is 6.73. The zero-order valence-corrected chi connectivity index (χ0v) is 11.2. The maximum absolute atomic E-state index is 11.3. The van der Waals surface area contributed by atoms with Crippen LogP contribution in [0.3, 0.4) is 0 Å². The number of nitrogens with zero attached hydrogens (tertiary/aromatic N) is 1. The van der Waals surface area contributed by atoms with E-state index in [1.807, 2.05) is 0 Å². The van der Waals surface area contributed by atoms with Crippen LogP contribution in [0.15, 0.2) is 5.16 Å². The SMILES string of the molecule is CC(C)(C)C1CCC(=NOC(=O)C2CC2)CC1. The lowest BCUT2D eigenvalue weighted by Gasteiger charge is -2.34. The highest BCUT2D eigenvalue weighted by Crippen LogP contribution is 2.37. The summed E-state index contributed by atoms with van der Waals surface area (Å²) in [5.74, 6) is 0.779. The first-order chi connectivity index (χ1) is 7.97. The lowest BCUT2D eigenvalue weighted by molar-refractivity contribution is -0.145. The first kappa shape index (κ1) is 12.6. The van der Waals surface area contributed by atoms with Gasteiger partial charge in [-0.3, -0.25) is 0 Å². The van der Waals surface area contributed by atoms with Crippen molar-refractivity contribution in [1.29, 1.82) is 0 Å². The molecule has 0 radical (unpaired) electrons. The van der Waals surface area contributed by atoms with Crippen LogP contribution in [0.2, 0.25) is 0 Å². The van der Waals surface area contributed by atoms with Gasteiger partial charge in [-0.25, -0.2) is 4.79 Å². The fourth-order valence-electron chi connectivity index (χ4n) is 2.41. The predicted octanol–water partition coefficient (Wildman–Crippen LogP) is 3.53. The number of hydrogen-bond acceptors (Lipinski definition) is 3. The number of carbonyl (C=O) groups excluding carboxylic acids is 1. The fourth-order valence-corrected chi connectivity index (χ4v) is 2.41. The van der Waals surface area contributed by atoms with Crippen LogP contribution in [0.4, 0.5) is 0 Å². The molecule has 0 amide bonds. The zero-order valence-electron chi connectivity index (χ0n) is 11.2. The summed E-state index contributed by atoms with van der Waals surface area (Å²) in [5, 5.41) is 4.03. The third-order valence-electron chi connectivity index (χ3n) is 3.96. The minimum absolute atomic E-state index is 0.129. The van der Waals surface area contributed by atoms with Gasteiger partial charge in [-0.2, -0.15) is 0 Å². The molecule has 2 aliphatic carbocycles. The van der Waals surface area contributed by atoms with E-state index in [4.69, 9.17) is 4.84 Å². The van der Waals surface area contributed by atoms with Crippen molar-refractivity contribution in [3.05, 3.63) is 0 Å². The number of hydrogen-bond donors (Lipinski definition) is 0. The molecule has 0 aromatic rings. The first-order valence-corrected chi connectivity index (χ1v) is 6.73. The molecule has 0 bridgehead atoms. The summed E-state index contributed by atoms with van der Waals surface area (Å²) < 4.78 is 0. The Morgan fingerprint density at radius 2 is 1.76 bits per heavy atom. The average molecular weight is 237 g/mol. The number of oxime groups is 1. The van der Waals surface area contributed by atoms with Crippen molar-refractivity contribution < 1.29 is 9.63 Å². The summed E-state index contributed by atoms with van der Waals surface area (Å²) in [6.45, 7) is 6.90. The maximum Gasteiger partial charge on any atom is 0.338 e. The summed E-state index contributed by atoms with van der Waals surface area (Å²) in [7, 11) is 0. The van der Waals surface area contributed by atoms with Gasteiger partial charge in [0.05, 0.1) is 11.6 Å². The largest absolute Gasteiger partial charge is 0.338 e. The van der Waals surface area contributed by atoms with Gasteiger partial charge >= 0.3 is 5.97 Å². The highest BCUT2D eigenvalue weighted by atomic mass is 16.7. The molecular formula is C14H23NO2. The second-order valence-electron chi connectivity index (χ2n) is 6.48. The van der Waals surface area contributed by atoms with Crippen LogP contribution in [-0.2, 0) is 9.63 Å². The summed E-state index contributed by atoms with van der Waals surface area (Å²) in [5.41, 5.74) is 1.45. The second kappa shape index (κ2) is 4.79. The van der Waals surface area contributed by atoms with Crippen LogP contribution >= 0.6 is 0 Å². The fraction of sp³-hybridized carbons (Fsp3) is 0.857. The zero-order chi connectivity index (χ0) is 12.5. The molecule has 0 unspecified atom stereocenters. The molecule has 0 saturated heterocycles. The van der Waals surface area contributed by atoms with Gasteiger partial charge in [0.15, 0.2) is 0 Å². The Morgan fingerprint density at radius 3 is 2.24 bits per heavy atom. The molecule has 2 rings (SSSR count). The molecule has 0 aromatic carbocycles. The van der Waals surface area contributed by atoms with Gasteiger partial charge in [-0.15, -0.1) is 0 Å². The summed E-state index contributed by atoms with van der Waals surface area (Å²) in [6.07, 6.45) is 6.28. The maximum atomic E-state index is 11.3. The van der Waals surface area contributed by atoms with E-state index in [9.17, 15) is 4.79 Å². The van der Waals surface area contributed by atoms with Crippen LogP contribution in [0, 0.1) is 17.3 Å². The van der Waals surface area contributed by atoms with E-state index in [2.05, 4.69) is 25.9 Å². The van der Waals surface area contributed by atoms with Crippen LogP contribution < -0.4 is 0 Å². The van der Waals surface area contributed by atoms with E-state index < -0.39 is 0 Å². The van der Waals surface area contributed by atoms with E-state index in [0.29, 0.717) is 5.41 Å². The van der Waals surface area contributed by atoms with Gasteiger partial charge in [-0.1, -0.05) is 25.9 Å². The Kier molecular flexibility index (Phi) is 3.55. The van der Waals surface area contributed by atoms with Crippen molar-refractivity contribution in [2.45, 2.75) is 59.3 Å². The molecule has 0 aliphatic heterocycles. The number of rotatable bonds is 2. The Labute approximate surface area is 104 Å².